The van der Waals surface area contributed by atoms with E-state index in [2.05, 4.69) is 15.5 Å². The van der Waals surface area contributed by atoms with Crippen LogP contribution in [0.25, 0.3) is 0 Å². The predicted octanol–water partition coefficient (Wildman–Crippen LogP) is 1.42. The van der Waals surface area contributed by atoms with Crippen LogP contribution in [-0.2, 0) is 0 Å². The van der Waals surface area contributed by atoms with Crippen molar-refractivity contribution in [2.24, 2.45) is 10.1 Å². The molecule has 0 saturated heterocycles. The number of nitrogens with zero attached hydrogens (tertiary/aromatic N) is 2. The maximum Gasteiger partial charge on any atom is 0.177 e. The number of hydrogen-bond donors (Lipinski definition) is 2. The molecule has 1 aliphatic heterocycles. The molecule has 1 aromatic carbocycles. The van der Waals surface area contributed by atoms with Gasteiger partial charge in [0.05, 0.1) is 12.8 Å². The fourth-order valence-corrected chi connectivity index (χ4v) is 1.80. The molecule has 0 saturated carbocycles. The molecule has 0 amide bonds. The largest absolute Gasteiger partial charge is 0.508 e. The molecule has 0 radical (unpaired) electrons. The van der Waals surface area contributed by atoms with Gasteiger partial charge in [-0.2, -0.15) is 5.10 Å². The Kier molecular flexibility index (Phi) is 3.24. The van der Waals surface area contributed by atoms with Gasteiger partial charge in [-0.1, -0.05) is 11.8 Å². The van der Waals surface area contributed by atoms with Crippen LogP contribution in [0.2, 0.25) is 0 Å². The summed E-state index contributed by atoms with van der Waals surface area (Å²) in [6, 6.07) is 6.85. The van der Waals surface area contributed by atoms with Crippen molar-refractivity contribution < 1.29 is 5.11 Å². The van der Waals surface area contributed by atoms with Crippen molar-refractivity contribution >= 4 is 23.1 Å². The van der Waals surface area contributed by atoms with Crippen LogP contribution in [0.3, 0.4) is 0 Å². The van der Waals surface area contributed by atoms with Gasteiger partial charge in [0.2, 0.25) is 0 Å². The molecule has 78 valence electrons. The number of phenolic OH excluding ortho intramolecular Hbond substituents is 1. The normalized spacial score (nSPS) is 15.6. The monoisotopic (exact) mass is 221 g/mol. The highest BCUT2D eigenvalue weighted by molar-refractivity contribution is 8.14. The van der Waals surface area contributed by atoms with Gasteiger partial charge in [-0.05, 0) is 29.8 Å². The van der Waals surface area contributed by atoms with E-state index in [1.807, 2.05) is 0 Å². The third kappa shape index (κ3) is 2.99. The van der Waals surface area contributed by atoms with E-state index in [9.17, 15) is 0 Å². The van der Waals surface area contributed by atoms with Crippen LogP contribution in [0.5, 0.6) is 5.75 Å². The topological polar surface area (TPSA) is 57.0 Å². The smallest absolute Gasteiger partial charge is 0.177 e. The first-order valence-electron chi connectivity index (χ1n) is 4.60. The minimum Gasteiger partial charge on any atom is -0.508 e. The van der Waals surface area contributed by atoms with Gasteiger partial charge in [-0.15, -0.1) is 0 Å². The van der Waals surface area contributed by atoms with Crippen LogP contribution in [0.1, 0.15) is 5.56 Å². The van der Waals surface area contributed by atoms with E-state index in [-0.39, 0.29) is 5.75 Å². The average molecular weight is 221 g/mol. The van der Waals surface area contributed by atoms with Crippen LogP contribution in [0.4, 0.5) is 0 Å². The molecule has 0 unspecified atom stereocenters. The summed E-state index contributed by atoms with van der Waals surface area (Å²) in [5.41, 5.74) is 3.80. The number of aromatic hydroxyl groups is 1. The maximum atomic E-state index is 9.07. The van der Waals surface area contributed by atoms with Gasteiger partial charge < -0.3 is 5.11 Å². The second kappa shape index (κ2) is 4.84. The molecule has 1 aromatic rings. The fraction of sp³-hybridized carbons (Fsp3) is 0.200. The number of amidine groups is 1. The number of nitrogens with one attached hydrogen (secondary N) is 1. The van der Waals surface area contributed by atoms with E-state index in [0.717, 1.165) is 23.0 Å². The number of benzene rings is 1. The van der Waals surface area contributed by atoms with Gasteiger partial charge in [0.15, 0.2) is 5.17 Å². The zero-order valence-electron chi connectivity index (χ0n) is 8.05. The number of phenols is 1. The second-order valence-electron chi connectivity index (χ2n) is 3.00. The van der Waals surface area contributed by atoms with E-state index in [4.69, 9.17) is 5.11 Å². The Morgan fingerprint density at radius 3 is 2.87 bits per heavy atom. The first-order valence-corrected chi connectivity index (χ1v) is 5.58. The van der Waals surface area contributed by atoms with Crippen molar-refractivity contribution in [3.63, 3.8) is 0 Å². The molecule has 1 heterocycles. The molecule has 0 aromatic heterocycles. The van der Waals surface area contributed by atoms with Crippen LogP contribution in [0, 0.1) is 0 Å². The van der Waals surface area contributed by atoms with Crippen molar-refractivity contribution in [3.8, 4) is 5.75 Å². The quantitative estimate of drug-likeness (QED) is 0.586. The number of thioether (sulfide) groups is 1. The number of hydrogen-bond acceptors (Lipinski definition) is 5. The molecule has 2 rings (SSSR count). The molecule has 0 spiro atoms. The second-order valence-corrected chi connectivity index (χ2v) is 4.08. The van der Waals surface area contributed by atoms with E-state index in [0.29, 0.717) is 0 Å². The first kappa shape index (κ1) is 10.0. The summed E-state index contributed by atoms with van der Waals surface area (Å²) >= 11 is 1.67. The highest BCUT2D eigenvalue weighted by atomic mass is 32.2. The number of aliphatic imine (C=N–C) groups is 1. The minimum absolute atomic E-state index is 0.260. The zero-order chi connectivity index (χ0) is 10.5. The molecule has 5 heteroatoms. The lowest BCUT2D eigenvalue weighted by Gasteiger charge is -1.96. The van der Waals surface area contributed by atoms with Crippen molar-refractivity contribution in [1.82, 2.24) is 5.43 Å². The van der Waals surface area contributed by atoms with Crippen molar-refractivity contribution in [1.29, 1.82) is 0 Å². The first-order chi connectivity index (χ1) is 7.34. The Bertz CT molecular complexity index is 386. The van der Waals surface area contributed by atoms with E-state index < -0.39 is 0 Å². The Morgan fingerprint density at radius 1 is 1.40 bits per heavy atom. The number of hydrazone groups is 1. The molecule has 0 fully saturated rings. The summed E-state index contributed by atoms with van der Waals surface area (Å²) in [6.45, 7) is 0.863. The van der Waals surface area contributed by atoms with Crippen LogP contribution in [0.15, 0.2) is 34.4 Å². The van der Waals surface area contributed by atoms with Crippen LogP contribution < -0.4 is 5.43 Å². The standard InChI is InChI=1S/C10H11N3OS/c14-9-3-1-8(2-4-9)7-12-13-10-11-5-6-15-10/h1-4,7,14H,5-6H2,(H,11,13)/b12-7+. The Balaban J connectivity index is 1.90. The SMILES string of the molecule is Oc1ccc(/C=N/NC2=NCCS2)cc1. The van der Waals surface area contributed by atoms with Crippen LogP contribution >= 0.6 is 11.8 Å². The minimum atomic E-state index is 0.260. The van der Waals surface area contributed by atoms with Gasteiger partial charge in [-0.25, -0.2) is 0 Å². The Morgan fingerprint density at radius 2 is 2.20 bits per heavy atom. The molecule has 0 aliphatic carbocycles. The van der Waals surface area contributed by atoms with Crippen LogP contribution in [-0.4, -0.2) is 28.8 Å². The maximum absolute atomic E-state index is 9.07. The third-order valence-corrected chi connectivity index (χ3v) is 2.73. The van der Waals surface area contributed by atoms with Crippen molar-refractivity contribution in [2.75, 3.05) is 12.3 Å². The van der Waals surface area contributed by atoms with Gasteiger partial charge >= 0.3 is 0 Å². The lowest BCUT2D eigenvalue weighted by Crippen LogP contribution is -2.11. The van der Waals surface area contributed by atoms with E-state index >= 15 is 0 Å². The van der Waals surface area contributed by atoms with Gasteiger partial charge in [0.25, 0.3) is 0 Å². The summed E-state index contributed by atoms with van der Waals surface area (Å²) in [4.78, 5) is 4.20. The molecule has 15 heavy (non-hydrogen) atoms. The fourth-order valence-electron chi connectivity index (χ4n) is 1.13. The Labute approximate surface area is 92.1 Å². The molecule has 0 atom stereocenters. The third-order valence-electron chi connectivity index (χ3n) is 1.85. The highest BCUT2D eigenvalue weighted by Gasteiger charge is 2.03. The molecule has 1 aliphatic rings. The summed E-state index contributed by atoms with van der Waals surface area (Å²) in [7, 11) is 0. The Hall–Kier alpha value is -1.49. The van der Waals surface area contributed by atoms with Gasteiger partial charge in [0.1, 0.15) is 5.75 Å². The molecule has 0 bridgehead atoms. The zero-order valence-corrected chi connectivity index (χ0v) is 8.87. The molecule has 2 N–H and O–H groups in total. The van der Waals surface area contributed by atoms with Gasteiger partial charge in [-0.3, -0.25) is 10.4 Å². The summed E-state index contributed by atoms with van der Waals surface area (Å²) in [5, 5.41) is 14.0. The summed E-state index contributed by atoms with van der Waals surface area (Å²) < 4.78 is 0. The van der Waals surface area contributed by atoms with E-state index in [1.54, 1.807) is 42.2 Å². The summed E-state index contributed by atoms with van der Waals surface area (Å²) in [5.74, 6) is 1.28. The van der Waals surface area contributed by atoms with Crippen molar-refractivity contribution in [2.45, 2.75) is 0 Å². The molecule has 4 nitrogen and oxygen atoms in total. The number of rotatable bonds is 2. The lowest BCUT2D eigenvalue weighted by atomic mass is 10.2. The molecular formula is C10H11N3OS. The highest BCUT2D eigenvalue weighted by Crippen LogP contribution is 2.09. The summed E-state index contributed by atoms with van der Waals surface area (Å²) in [6.07, 6.45) is 1.70. The molecular weight excluding hydrogens is 210 g/mol. The lowest BCUT2D eigenvalue weighted by molar-refractivity contribution is 0.475. The van der Waals surface area contributed by atoms with E-state index in [1.165, 1.54) is 0 Å². The predicted molar refractivity (Wildman–Crippen MR) is 63.6 cm³/mol. The van der Waals surface area contributed by atoms with Gasteiger partial charge in [0, 0.05) is 5.75 Å². The average Bonchev–Trinajstić information content (AvgIpc) is 2.74. The van der Waals surface area contributed by atoms with Crippen molar-refractivity contribution in [3.05, 3.63) is 29.8 Å².